The van der Waals surface area contributed by atoms with E-state index in [1.807, 2.05) is 0 Å². The number of fused-ring (bicyclic) bond motifs is 3. The minimum atomic E-state index is -8.23. The number of rotatable bonds is 9. The van der Waals surface area contributed by atoms with Gasteiger partial charge in [0.15, 0.2) is 5.71 Å². The molecule has 2 aromatic carbocycles. The molecule has 252 valence electrons. The summed E-state index contributed by atoms with van der Waals surface area (Å²) in [6, 6.07) is 6.70. The number of oxime groups is 1. The summed E-state index contributed by atoms with van der Waals surface area (Å²) in [6.07, 6.45) is -15.5. The largest absolute Gasteiger partial charge is 0.460 e. The fraction of sp³-hybridized carbons (Fsp3) is 0.409. The summed E-state index contributed by atoms with van der Waals surface area (Å²) in [4.78, 5) is 0. The maximum absolute atomic E-state index is 14.9. The number of halogens is 18. The van der Waals surface area contributed by atoms with Crippen LogP contribution in [0.2, 0.25) is 0 Å². The SMILES string of the molecule is O=S(=O)(O/N=C(/c1ccc2c(c1)Cc1ccccc1-2)C(F)(F)C(F)(F)C(F)(F)C(F)(F)F)C(F)(F)C(F)(F)C(F)(F)C(F)(F)F. The molecule has 1 aliphatic carbocycles. The molecule has 0 aliphatic heterocycles. The molecule has 0 atom stereocenters. The van der Waals surface area contributed by atoms with E-state index in [0.29, 0.717) is 17.2 Å². The van der Waals surface area contributed by atoms with Crippen LogP contribution in [0.15, 0.2) is 47.6 Å². The first-order chi connectivity index (χ1) is 19.9. The maximum atomic E-state index is 14.9. The fourth-order valence-electron chi connectivity index (χ4n) is 3.76. The van der Waals surface area contributed by atoms with Crippen molar-refractivity contribution in [3.8, 4) is 11.1 Å². The third-order valence-electron chi connectivity index (χ3n) is 6.17. The van der Waals surface area contributed by atoms with Crippen molar-refractivity contribution in [1.29, 1.82) is 0 Å². The third kappa shape index (κ3) is 5.22. The highest BCUT2D eigenvalue weighted by Gasteiger charge is 2.87. The molecule has 0 N–H and O–H groups in total. The van der Waals surface area contributed by atoms with E-state index in [1.165, 1.54) is 29.4 Å². The molecule has 0 amide bonds. The van der Waals surface area contributed by atoms with E-state index >= 15 is 0 Å². The van der Waals surface area contributed by atoms with Gasteiger partial charge in [-0.15, -0.1) is 0 Å². The summed E-state index contributed by atoms with van der Waals surface area (Å²) in [5.74, 6) is -38.6. The van der Waals surface area contributed by atoms with Crippen molar-refractivity contribution >= 4 is 15.8 Å². The Morgan fingerprint density at radius 3 is 1.58 bits per heavy atom. The molecule has 2 aromatic rings. The molecule has 0 spiro atoms. The van der Waals surface area contributed by atoms with E-state index < -0.39 is 68.6 Å². The molecule has 0 bridgehead atoms. The zero-order chi connectivity index (χ0) is 35.0. The fourth-order valence-corrected chi connectivity index (χ4v) is 4.47. The highest BCUT2D eigenvalue weighted by molar-refractivity contribution is 7.87. The summed E-state index contributed by atoms with van der Waals surface area (Å²) < 4.78 is 268. The average molecular weight is 709 g/mol. The molecule has 0 heterocycles. The van der Waals surface area contributed by atoms with Gasteiger partial charge in [0.05, 0.1) is 0 Å². The van der Waals surface area contributed by atoms with Crippen LogP contribution in [0.25, 0.3) is 11.1 Å². The van der Waals surface area contributed by atoms with Crippen LogP contribution in [0.4, 0.5) is 79.0 Å². The Labute approximate surface area is 237 Å². The molecule has 0 aromatic heterocycles. The Morgan fingerprint density at radius 2 is 1.07 bits per heavy atom. The van der Waals surface area contributed by atoms with Crippen molar-refractivity contribution in [3.63, 3.8) is 0 Å². The van der Waals surface area contributed by atoms with Gasteiger partial charge in [0.2, 0.25) is 0 Å². The minimum Gasteiger partial charge on any atom is -0.263 e. The van der Waals surface area contributed by atoms with E-state index in [2.05, 4.69) is 4.28 Å². The van der Waals surface area contributed by atoms with Crippen LogP contribution >= 0.6 is 0 Å². The van der Waals surface area contributed by atoms with Crippen molar-refractivity contribution in [3.05, 3.63) is 59.2 Å². The highest BCUT2D eigenvalue weighted by atomic mass is 32.2. The van der Waals surface area contributed by atoms with E-state index in [-0.39, 0.29) is 29.7 Å². The number of alkyl halides is 18. The Kier molecular flexibility index (Phi) is 8.26. The second kappa shape index (κ2) is 10.3. The molecule has 23 heteroatoms. The van der Waals surface area contributed by atoms with Gasteiger partial charge >= 0.3 is 57.3 Å². The normalized spacial score (nSPS) is 16.0. The van der Waals surface area contributed by atoms with Crippen molar-refractivity contribution in [2.24, 2.45) is 5.16 Å². The molecule has 0 fully saturated rings. The number of nitrogens with zero attached hydrogens (tertiary/aromatic N) is 1. The van der Waals surface area contributed by atoms with E-state index in [0.717, 1.165) is 0 Å². The first-order valence-electron chi connectivity index (χ1n) is 11.0. The van der Waals surface area contributed by atoms with Crippen molar-refractivity contribution in [2.45, 2.75) is 53.6 Å². The number of hydrogen-bond acceptors (Lipinski definition) is 4. The molecular formula is C22H9F18NO3S. The quantitative estimate of drug-likeness (QED) is 0.128. The van der Waals surface area contributed by atoms with Gasteiger partial charge in [-0.3, -0.25) is 4.28 Å². The summed E-state index contributed by atoms with van der Waals surface area (Å²) in [6.45, 7) is 0. The van der Waals surface area contributed by atoms with Gasteiger partial charge in [0.1, 0.15) is 0 Å². The first-order valence-corrected chi connectivity index (χ1v) is 12.4. The van der Waals surface area contributed by atoms with Crippen LogP contribution in [0, 0.1) is 0 Å². The first kappa shape index (κ1) is 36.1. The molecule has 0 unspecified atom stereocenters. The minimum absolute atomic E-state index is 0.0542. The van der Waals surface area contributed by atoms with Crippen molar-refractivity contribution in [2.75, 3.05) is 0 Å². The Morgan fingerprint density at radius 1 is 0.600 bits per heavy atom. The Bertz CT molecular complexity index is 1610. The second-order valence-electron chi connectivity index (χ2n) is 9.06. The lowest BCUT2D eigenvalue weighted by molar-refractivity contribution is -0.385. The summed E-state index contributed by atoms with van der Waals surface area (Å²) in [7, 11) is -8.23. The summed E-state index contributed by atoms with van der Waals surface area (Å²) in [5, 5.41) is -6.35. The second-order valence-corrected chi connectivity index (χ2v) is 10.6. The van der Waals surface area contributed by atoms with Gasteiger partial charge in [0.25, 0.3) is 0 Å². The summed E-state index contributed by atoms with van der Waals surface area (Å²) >= 11 is 0. The van der Waals surface area contributed by atoms with E-state index in [4.69, 9.17) is 0 Å². The van der Waals surface area contributed by atoms with Crippen LogP contribution in [0.1, 0.15) is 16.7 Å². The number of hydrogen-bond donors (Lipinski definition) is 0. The van der Waals surface area contributed by atoms with Crippen LogP contribution in [-0.2, 0) is 20.8 Å². The summed E-state index contributed by atoms with van der Waals surface area (Å²) in [5.41, 5.74) is -4.73. The zero-order valence-corrected chi connectivity index (χ0v) is 21.4. The average Bonchev–Trinajstić information content (AvgIpc) is 3.24. The van der Waals surface area contributed by atoms with Gasteiger partial charge < -0.3 is 0 Å². The van der Waals surface area contributed by atoms with Crippen molar-refractivity contribution in [1.82, 2.24) is 0 Å². The van der Waals surface area contributed by atoms with Crippen LogP contribution < -0.4 is 0 Å². The Hall–Kier alpha value is -3.40. The van der Waals surface area contributed by atoms with Gasteiger partial charge in [-0.2, -0.15) is 87.4 Å². The highest BCUT2D eigenvalue weighted by Crippen LogP contribution is 2.56. The third-order valence-corrected chi connectivity index (χ3v) is 7.32. The van der Waals surface area contributed by atoms with Crippen LogP contribution in [0.3, 0.4) is 0 Å². The molecule has 3 rings (SSSR count). The molecule has 0 saturated carbocycles. The maximum Gasteiger partial charge on any atom is 0.460 e. The van der Waals surface area contributed by atoms with Crippen LogP contribution in [0.5, 0.6) is 0 Å². The molecular weight excluding hydrogens is 700 g/mol. The van der Waals surface area contributed by atoms with E-state index in [1.54, 1.807) is 0 Å². The van der Waals surface area contributed by atoms with Gasteiger partial charge in [-0.05, 0) is 34.7 Å². The van der Waals surface area contributed by atoms with Gasteiger partial charge in [0, 0.05) is 5.56 Å². The Balaban J connectivity index is 2.25. The van der Waals surface area contributed by atoms with Crippen molar-refractivity contribution < 1.29 is 91.7 Å². The molecule has 0 saturated heterocycles. The van der Waals surface area contributed by atoms with E-state index in [9.17, 15) is 87.4 Å². The van der Waals surface area contributed by atoms with Gasteiger partial charge in [-0.1, -0.05) is 41.6 Å². The zero-order valence-electron chi connectivity index (χ0n) is 20.6. The molecule has 0 radical (unpaired) electrons. The predicted octanol–water partition coefficient (Wildman–Crippen LogP) is 8.20. The lowest BCUT2D eigenvalue weighted by Gasteiger charge is -2.34. The molecule has 45 heavy (non-hydrogen) atoms. The molecule has 1 aliphatic rings. The standard InChI is InChI=1S/C22H9F18NO3S/c23-15(24,16(25,26)17(27,28)20(33,34)35)14(10-5-6-13-11(8-10)7-9-3-1-2-4-12(9)13)41-44-45(42,43)22(39,40)19(31,32)18(29,30)21(36,37)38/h1-6,8H,7H2/b41-14-. The lowest BCUT2D eigenvalue weighted by Crippen LogP contribution is -2.64. The topological polar surface area (TPSA) is 55.7 Å². The smallest absolute Gasteiger partial charge is 0.263 e. The monoisotopic (exact) mass is 709 g/mol. The number of benzene rings is 2. The van der Waals surface area contributed by atoms with Crippen LogP contribution in [-0.4, -0.2) is 61.3 Å². The lowest BCUT2D eigenvalue weighted by atomic mass is 9.93. The molecule has 4 nitrogen and oxygen atoms in total. The van der Waals surface area contributed by atoms with Gasteiger partial charge in [-0.25, -0.2) is 0 Å². The predicted molar refractivity (Wildman–Crippen MR) is 113 cm³/mol.